The Morgan fingerprint density at radius 2 is 1.77 bits per heavy atom. The smallest absolute Gasteiger partial charge is 0.271 e. The summed E-state index contributed by atoms with van der Waals surface area (Å²) in [6.07, 6.45) is 0. The number of benzene rings is 2. The molecule has 0 bridgehead atoms. The average molecular weight is 441 g/mol. The van der Waals surface area contributed by atoms with E-state index in [1.807, 2.05) is 12.1 Å². The molecular weight excluding hydrogens is 427 g/mol. The molecule has 0 aliphatic heterocycles. The van der Waals surface area contributed by atoms with Gasteiger partial charge in [-0.05, 0) is 35.2 Å². The number of fused-ring (bicyclic) bond motifs is 3. The SMILES string of the molecule is O=c1c2sccc2n2c(=O)n(Cc3ccccc3F)nc2n1Cc1ccc(Cl)cc1. The molecule has 0 fully saturated rings. The quantitative estimate of drug-likeness (QED) is 0.427. The highest BCUT2D eigenvalue weighted by atomic mass is 35.5. The third-order valence-electron chi connectivity index (χ3n) is 4.92. The van der Waals surface area contributed by atoms with Gasteiger partial charge in [-0.3, -0.25) is 9.36 Å². The summed E-state index contributed by atoms with van der Waals surface area (Å²) in [5.74, 6) is -0.206. The predicted molar refractivity (Wildman–Crippen MR) is 115 cm³/mol. The normalized spacial score (nSPS) is 11.5. The molecule has 3 aromatic heterocycles. The van der Waals surface area contributed by atoms with Gasteiger partial charge in [-0.25, -0.2) is 18.3 Å². The van der Waals surface area contributed by atoms with E-state index >= 15 is 0 Å². The summed E-state index contributed by atoms with van der Waals surface area (Å²) in [7, 11) is 0. The van der Waals surface area contributed by atoms with Crippen molar-refractivity contribution in [1.29, 1.82) is 0 Å². The molecule has 0 aliphatic rings. The molecule has 5 aromatic rings. The van der Waals surface area contributed by atoms with Gasteiger partial charge in [0.2, 0.25) is 5.78 Å². The third-order valence-corrected chi connectivity index (χ3v) is 6.06. The molecule has 0 unspecified atom stereocenters. The van der Waals surface area contributed by atoms with Crippen LogP contribution >= 0.6 is 22.9 Å². The lowest BCUT2D eigenvalue weighted by Gasteiger charge is -2.08. The fourth-order valence-electron chi connectivity index (χ4n) is 3.44. The Bertz CT molecular complexity index is 1510. The van der Waals surface area contributed by atoms with Crippen LogP contribution in [0.3, 0.4) is 0 Å². The van der Waals surface area contributed by atoms with Crippen molar-refractivity contribution in [2.45, 2.75) is 13.1 Å². The molecule has 0 radical (unpaired) electrons. The molecule has 30 heavy (non-hydrogen) atoms. The highest BCUT2D eigenvalue weighted by molar-refractivity contribution is 7.17. The van der Waals surface area contributed by atoms with Crippen molar-refractivity contribution < 1.29 is 4.39 Å². The Labute approximate surface area is 178 Å². The van der Waals surface area contributed by atoms with Gasteiger partial charge in [-0.1, -0.05) is 41.9 Å². The van der Waals surface area contributed by atoms with Crippen LogP contribution in [-0.2, 0) is 13.1 Å². The fourth-order valence-corrected chi connectivity index (χ4v) is 4.39. The average Bonchev–Trinajstić information content (AvgIpc) is 3.34. The number of thiophene rings is 1. The molecule has 9 heteroatoms. The lowest BCUT2D eigenvalue weighted by atomic mass is 10.2. The number of halogens is 2. The van der Waals surface area contributed by atoms with Crippen molar-refractivity contribution in [1.82, 2.24) is 18.7 Å². The maximum absolute atomic E-state index is 14.1. The van der Waals surface area contributed by atoms with Gasteiger partial charge in [-0.2, -0.15) is 0 Å². The van der Waals surface area contributed by atoms with Crippen LogP contribution in [0.25, 0.3) is 16.0 Å². The van der Waals surface area contributed by atoms with E-state index in [1.54, 1.807) is 41.8 Å². The highest BCUT2D eigenvalue weighted by Crippen LogP contribution is 2.19. The lowest BCUT2D eigenvalue weighted by Crippen LogP contribution is -2.26. The van der Waals surface area contributed by atoms with Gasteiger partial charge >= 0.3 is 5.69 Å². The second-order valence-corrected chi connectivity index (χ2v) is 8.17. The van der Waals surface area contributed by atoms with E-state index in [1.165, 1.54) is 31.1 Å². The van der Waals surface area contributed by atoms with Gasteiger partial charge < -0.3 is 0 Å². The standard InChI is InChI=1S/C21H14ClFN4O2S/c22-15-7-5-13(6-8-15)11-25-19(28)18-17(9-10-30-18)27-20(25)24-26(21(27)29)12-14-3-1-2-4-16(14)23/h1-10H,11-12H2. The van der Waals surface area contributed by atoms with Crippen LogP contribution in [0.2, 0.25) is 5.02 Å². The van der Waals surface area contributed by atoms with Crippen LogP contribution in [0, 0.1) is 5.82 Å². The topological polar surface area (TPSA) is 61.3 Å². The summed E-state index contributed by atoms with van der Waals surface area (Å²) in [5, 5.41) is 6.75. The second kappa shape index (κ2) is 7.23. The molecule has 3 heterocycles. The number of rotatable bonds is 4. The summed E-state index contributed by atoms with van der Waals surface area (Å²) in [6.45, 7) is 0.192. The van der Waals surface area contributed by atoms with E-state index in [9.17, 15) is 14.0 Å². The molecule has 0 spiro atoms. The number of hydrogen-bond donors (Lipinski definition) is 0. The molecular formula is C21H14ClFN4O2S. The van der Waals surface area contributed by atoms with Gasteiger partial charge in [0, 0.05) is 10.6 Å². The van der Waals surface area contributed by atoms with Crippen LogP contribution in [0.1, 0.15) is 11.1 Å². The Morgan fingerprint density at radius 1 is 1.00 bits per heavy atom. The Kier molecular flexibility index (Phi) is 4.52. The van der Waals surface area contributed by atoms with Crippen molar-refractivity contribution in [2.24, 2.45) is 0 Å². The summed E-state index contributed by atoms with van der Waals surface area (Å²) >= 11 is 7.23. The number of hydrogen-bond acceptors (Lipinski definition) is 4. The Hall–Kier alpha value is -3.23. The molecule has 150 valence electrons. The van der Waals surface area contributed by atoms with Gasteiger partial charge in [0.25, 0.3) is 5.56 Å². The Balaban J connectivity index is 1.73. The van der Waals surface area contributed by atoms with E-state index < -0.39 is 11.5 Å². The van der Waals surface area contributed by atoms with Crippen molar-refractivity contribution in [3.05, 3.63) is 103 Å². The van der Waals surface area contributed by atoms with Crippen molar-refractivity contribution in [3.63, 3.8) is 0 Å². The first-order valence-electron chi connectivity index (χ1n) is 9.10. The zero-order valence-corrected chi connectivity index (χ0v) is 17.0. The Morgan fingerprint density at radius 3 is 2.53 bits per heavy atom. The van der Waals surface area contributed by atoms with Crippen LogP contribution in [0.5, 0.6) is 0 Å². The zero-order chi connectivity index (χ0) is 20.8. The van der Waals surface area contributed by atoms with E-state index in [0.29, 0.717) is 20.8 Å². The van der Waals surface area contributed by atoms with Gasteiger partial charge in [0.1, 0.15) is 10.5 Å². The molecule has 0 saturated carbocycles. The molecule has 0 N–H and O–H groups in total. The third kappa shape index (κ3) is 3.05. The van der Waals surface area contributed by atoms with E-state index in [4.69, 9.17) is 11.6 Å². The van der Waals surface area contributed by atoms with Gasteiger partial charge in [0.15, 0.2) is 0 Å². The molecule has 6 nitrogen and oxygen atoms in total. The van der Waals surface area contributed by atoms with E-state index in [0.717, 1.165) is 5.56 Å². The molecule has 5 rings (SSSR count). The first-order valence-corrected chi connectivity index (χ1v) is 10.4. The van der Waals surface area contributed by atoms with Crippen LogP contribution in [0.4, 0.5) is 4.39 Å². The van der Waals surface area contributed by atoms with Gasteiger partial charge in [-0.15, -0.1) is 16.4 Å². The maximum atomic E-state index is 14.1. The molecule has 2 aromatic carbocycles. The van der Waals surface area contributed by atoms with Crippen LogP contribution in [-0.4, -0.2) is 18.7 Å². The predicted octanol–water partition coefficient (Wildman–Crippen LogP) is 3.76. The van der Waals surface area contributed by atoms with Crippen molar-refractivity contribution in [2.75, 3.05) is 0 Å². The second-order valence-electron chi connectivity index (χ2n) is 6.82. The lowest BCUT2D eigenvalue weighted by molar-refractivity contribution is 0.577. The molecule has 0 amide bonds. The molecule has 0 aliphatic carbocycles. The van der Waals surface area contributed by atoms with Crippen molar-refractivity contribution in [3.8, 4) is 0 Å². The minimum absolute atomic E-state index is 0.0338. The number of nitrogens with zero attached hydrogens (tertiary/aromatic N) is 4. The maximum Gasteiger partial charge on any atom is 0.352 e. The van der Waals surface area contributed by atoms with Crippen LogP contribution < -0.4 is 11.2 Å². The minimum Gasteiger partial charge on any atom is -0.271 e. The summed E-state index contributed by atoms with van der Waals surface area (Å²) in [6, 6.07) is 15.1. The monoisotopic (exact) mass is 440 g/mol. The zero-order valence-electron chi connectivity index (χ0n) is 15.5. The molecule has 0 atom stereocenters. The van der Waals surface area contributed by atoms with Crippen LogP contribution in [0.15, 0.2) is 69.6 Å². The first-order chi connectivity index (χ1) is 14.5. The van der Waals surface area contributed by atoms with Gasteiger partial charge in [0.05, 0.1) is 18.6 Å². The first kappa shape index (κ1) is 18.8. The van der Waals surface area contributed by atoms with E-state index in [-0.39, 0.29) is 24.4 Å². The number of aromatic nitrogens is 4. The fraction of sp³-hybridized carbons (Fsp3) is 0.0952. The minimum atomic E-state index is -0.429. The summed E-state index contributed by atoms with van der Waals surface area (Å²) in [5.41, 5.74) is 1.02. The summed E-state index contributed by atoms with van der Waals surface area (Å²) in [4.78, 5) is 26.3. The molecule has 0 saturated heterocycles. The summed E-state index contributed by atoms with van der Waals surface area (Å²) < 4.78 is 18.6. The van der Waals surface area contributed by atoms with Crippen molar-refractivity contribution >= 4 is 38.9 Å². The highest BCUT2D eigenvalue weighted by Gasteiger charge is 2.19. The van der Waals surface area contributed by atoms with E-state index in [2.05, 4.69) is 5.10 Å². The largest absolute Gasteiger partial charge is 0.352 e.